The van der Waals surface area contributed by atoms with Crippen LogP contribution in [-0.2, 0) is 4.74 Å². The third-order valence-corrected chi connectivity index (χ3v) is 3.24. The Labute approximate surface area is 111 Å². The van der Waals surface area contributed by atoms with Gasteiger partial charge in [0.2, 0.25) is 5.82 Å². The van der Waals surface area contributed by atoms with Gasteiger partial charge in [0.05, 0.1) is 17.1 Å². The summed E-state index contributed by atoms with van der Waals surface area (Å²) in [5.74, 6) is -0.817. The van der Waals surface area contributed by atoms with Gasteiger partial charge in [-0.25, -0.2) is 0 Å². The molecule has 5 heteroatoms. The van der Waals surface area contributed by atoms with E-state index < -0.39 is 16.4 Å². The topological polar surface area (TPSA) is 52.4 Å². The van der Waals surface area contributed by atoms with E-state index >= 15 is 0 Å². The van der Waals surface area contributed by atoms with E-state index in [2.05, 4.69) is 6.08 Å². The summed E-state index contributed by atoms with van der Waals surface area (Å²) in [5.41, 5.74) is 1.33. The standard InChI is InChI=1S/C14H16FNO3/c1-9-3-4-10(2)19-14(7-9)11-5-6-12(15)13(8-11)16(17)18/h3,5-6,8,10,14H,4,7H2,1-2H3/t10-,14-/m0/s1. The van der Waals surface area contributed by atoms with Crippen molar-refractivity contribution >= 4 is 5.69 Å². The summed E-state index contributed by atoms with van der Waals surface area (Å²) < 4.78 is 19.2. The van der Waals surface area contributed by atoms with E-state index in [1.807, 2.05) is 13.8 Å². The average Bonchev–Trinajstić information content (AvgIpc) is 2.51. The van der Waals surface area contributed by atoms with Crippen LogP contribution in [0, 0.1) is 15.9 Å². The highest BCUT2D eigenvalue weighted by Gasteiger charge is 2.23. The van der Waals surface area contributed by atoms with Crippen molar-refractivity contribution in [1.29, 1.82) is 0 Å². The summed E-state index contributed by atoms with van der Waals surface area (Å²) in [7, 11) is 0. The van der Waals surface area contributed by atoms with E-state index in [9.17, 15) is 14.5 Å². The van der Waals surface area contributed by atoms with Crippen molar-refractivity contribution in [3.05, 3.63) is 51.3 Å². The number of nitrogens with zero attached hydrogens (tertiary/aromatic N) is 1. The summed E-state index contributed by atoms with van der Waals surface area (Å²) >= 11 is 0. The molecule has 0 spiro atoms. The summed E-state index contributed by atoms with van der Waals surface area (Å²) in [6, 6.07) is 3.95. The maximum Gasteiger partial charge on any atom is 0.305 e. The number of benzene rings is 1. The molecular weight excluding hydrogens is 249 g/mol. The van der Waals surface area contributed by atoms with Crippen molar-refractivity contribution in [3.63, 3.8) is 0 Å². The van der Waals surface area contributed by atoms with Gasteiger partial charge in [-0.3, -0.25) is 10.1 Å². The first kappa shape index (κ1) is 13.7. The van der Waals surface area contributed by atoms with Crippen LogP contribution in [0.15, 0.2) is 29.8 Å². The minimum atomic E-state index is -0.817. The van der Waals surface area contributed by atoms with Crippen LogP contribution in [0.2, 0.25) is 0 Å². The van der Waals surface area contributed by atoms with Crippen LogP contribution in [0.5, 0.6) is 0 Å². The van der Waals surface area contributed by atoms with Crippen molar-refractivity contribution < 1.29 is 14.1 Å². The van der Waals surface area contributed by atoms with E-state index in [4.69, 9.17) is 4.74 Å². The Morgan fingerprint density at radius 2 is 2.21 bits per heavy atom. The second kappa shape index (κ2) is 5.48. The molecule has 19 heavy (non-hydrogen) atoms. The fourth-order valence-electron chi connectivity index (χ4n) is 2.19. The minimum absolute atomic E-state index is 0.0477. The van der Waals surface area contributed by atoms with Crippen molar-refractivity contribution in [2.45, 2.75) is 38.9 Å². The Bertz CT molecular complexity index is 527. The zero-order valence-electron chi connectivity index (χ0n) is 10.9. The van der Waals surface area contributed by atoms with E-state index in [0.717, 1.165) is 12.5 Å². The Balaban J connectivity index is 2.33. The molecule has 0 aromatic heterocycles. The lowest BCUT2D eigenvalue weighted by Crippen LogP contribution is -2.11. The number of nitro benzene ring substituents is 1. The second-order valence-corrected chi connectivity index (χ2v) is 4.89. The lowest BCUT2D eigenvalue weighted by Gasteiger charge is -2.19. The van der Waals surface area contributed by atoms with E-state index in [1.54, 1.807) is 6.07 Å². The van der Waals surface area contributed by atoms with Crippen molar-refractivity contribution in [1.82, 2.24) is 0 Å². The fourth-order valence-corrected chi connectivity index (χ4v) is 2.19. The number of hydrogen-bond donors (Lipinski definition) is 0. The zero-order valence-corrected chi connectivity index (χ0v) is 10.9. The van der Waals surface area contributed by atoms with Crippen LogP contribution < -0.4 is 0 Å². The number of ether oxygens (including phenoxy) is 1. The SMILES string of the molecule is CC1=CC[C@H](C)O[C@H](c2ccc(F)c([N+](=O)[O-])c2)C1. The van der Waals surface area contributed by atoms with E-state index in [-0.39, 0.29) is 12.2 Å². The summed E-state index contributed by atoms with van der Waals surface area (Å²) in [6.07, 6.45) is 3.40. The molecule has 0 radical (unpaired) electrons. The van der Waals surface area contributed by atoms with Gasteiger partial charge in [-0.1, -0.05) is 17.7 Å². The summed E-state index contributed by atoms with van der Waals surface area (Å²) in [6.45, 7) is 3.96. The van der Waals surface area contributed by atoms with Gasteiger partial charge in [0.15, 0.2) is 0 Å². The van der Waals surface area contributed by atoms with Gasteiger partial charge in [0, 0.05) is 6.07 Å². The number of halogens is 1. The third-order valence-electron chi connectivity index (χ3n) is 3.24. The Morgan fingerprint density at radius 3 is 2.89 bits per heavy atom. The molecule has 0 saturated heterocycles. The monoisotopic (exact) mass is 265 g/mol. The maximum absolute atomic E-state index is 13.3. The molecule has 1 aromatic rings. The van der Waals surface area contributed by atoms with Crippen LogP contribution >= 0.6 is 0 Å². The highest BCUT2D eigenvalue weighted by Crippen LogP contribution is 2.32. The first-order chi connectivity index (χ1) is 8.97. The molecule has 1 heterocycles. The Morgan fingerprint density at radius 1 is 1.47 bits per heavy atom. The van der Waals surface area contributed by atoms with Crippen molar-refractivity contribution in [3.8, 4) is 0 Å². The highest BCUT2D eigenvalue weighted by atomic mass is 19.1. The highest BCUT2D eigenvalue weighted by molar-refractivity contribution is 5.37. The molecular formula is C14H16FNO3. The van der Waals surface area contributed by atoms with Gasteiger partial charge in [-0.05, 0) is 38.3 Å². The largest absolute Gasteiger partial charge is 0.370 e. The molecule has 0 N–H and O–H groups in total. The molecule has 0 saturated carbocycles. The van der Waals surface area contributed by atoms with Crippen LogP contribution in [0.4, 0.5) is 10.1 Å². The molecule has 1 aliphatic rings. The average molecular weight is 265 g/mol. The lowest BCUT2D eigenvalue weighted by molar-refractivity contribution is -0.387. The Kier molecular flexibility index (Phi) is 3.95. The van der Waals surface area contributed by atoms with E-state index in [1.165, 1.54) is 11.6 Å². The summed E-state index contributed by atoms with van der Waals surface area (Å²) in [5, 5.41) is 10.8. The van der Waals surface area contributed by atoms with Crippen LogP contribution in [-0.4, -0.2) is 11.0 Å². The third kappa shape index (κ3) is 3.17. The van der Waals surface area contributed by atoms with Crippen molar-refractivity contribution in [2.24, 2.45) is 0 Å². The Hall–Kier alpha value is -1.75. The number of rotatable bonds is 2. The predicted octanol–water partition coefficient (Wildman–Crippen LogP) is 3.92. The maximum atomic E-state index is 13.3. The molecule has 2 atom stereocenters. The van der Waals surface area contributed by atoms with Gasteiger partial charge < -0.3 is 4.74 Å². The van der Waals surface area contributed by atoms with Gasteiger partial charge in [0.1, 0.15) is 0 Å². The molecule has 2 rings (SSSR count). The number of nitro groups is 1. The molecule has 0 bridgehead atoms. The second-order valence-electron chi connectivity index (χ2n) is 4.89. The molecule has 0 unspecified atom stereocenters. The van der Waals surface area contributed by atoms with Crippen molar-refractivity contribution in [2.75, 3.05) is 0 Å². The predicted molar refractivity (Wildman–Crippen MR) is 69.3 cm³/mol. The molecule has 0 amide bonds. The number of hydrogen-bond acceptors (Lipinski definition) is 3. The van der Waals surface area contributed by atoms with Gasteiger partial charge >= 0.3 is 5.69 Å². The molecule has 102 valence electrons. The summed E-state index contributed by atoms with van der Waals surface area (Å²) in [4.78, 5) is 10.1. The fraction of sp³-hybridized carbons (Fsp3) is 0.429. The normalized spacial score (nSPS) is 23.6. The molecule has 4 nitrogen and oxygen atoms in total. The van der Waals surface area contributed by atoms with Gasteiger partial charge in [-0.15, -0.1) is 0 Å². The van der Waals surface area contributed by atoms with Gasteiger partial charge in [-0.2, -0.15) is 4.39 Å². The molecule has 1 aromatic carbocycles. The quantitative estimate of drug-likeness (QED) is 0.462. The molecule has 0 fully saturated rings. The minimum Gasteiger partial charge on any atom is -0.370 e. The first-order valence-electron chi connectivity index (χ1n) is 6.22. The molecule has 0 aliphatic carbocycles. The van der Waals surface area contributed by atoms with Crippen LogP contribution in [0.25, 0.3) is 0 Å². The first-order valence-corrected chi connectivity index (χ1v) is 6.22. The lowest BCUT2D eigenvalue weighted by atomic mass is 10.0. The van der Waals surface area contributed by atoms with Crippen LogP contribution in [0.3, 0.4) is 0 Å². The molecule has 1 aliphatic heterocycles. The smallest absolute Gasteiger partial charge is 0.305 e. The van der Waals surface area contributed by atoms with Crippen LogP contribution in [0.1, 0.15) is 38.4 Å². The zero-order chi connectivity index (χ0) is 14.0. The van der Waals surface area contributed by atoms with Gasteiger partial charge in [0.25, 0.3) is 0 Å². The van der Waals surface area contributed by atoms with E-state index in [0.29, 0.717) is 12.0 Å².